The van der Waals surface area contributed by atoms with E-state index in [1.807, 2.05) is 55.5 Å². The van der Waals surface area contributed by atoms with Gasteiger partial charge in [-0.3, -0.25) is 4.79 Å². The molecule has 25 heavy (non-hydrogen) atoms. The zero-order chi connectivity index (χ0) is 17.2. The summed E-state index contributed by atoms with van der Waals surface area (Å²) < 4.78 is 10.9. The second kappa shape index (κ2) is 6.20. The van der Waals surface area contributed by atoms with E-state index in [-0.39, 0.29) is 0 Å². The fourth-order valence-electron chi connectivity index (χ4n) is 2.62. The summed E-state index contributed by atoms with van der Waals surface area (Å²) in [7, 11) is 0. The van der Waals surface area contributed by atoms with Gasteiger partial charge in [0.05, 0.1) is 0 Å². The van der Waals surface area contributed by atoms with Crippen LogP contribution in [0.15, 0.2) is 69.6 Å². The van der Waals surface area contributed by atoms with Crippen molar-refractivity contribution < 1.29 is 13.7 Å². The van der Waals surface area contributed by atoms with E-state index < -0.39 is 0 Å². The van der Waals surface area contributed by atoms with Crippen LogP contribution in [-0.4, -0.2) is 16.4 Å². The predicted octanol–water partition coefficient (Wildman–Crippen LogP) is 4.78. The normalized spacial score (nSPS) is 10.8. The van der Waals surface area contributed by atoms with Crippen LogP contribution in [-0.2, 0) is 0 Å². The molecule has 4 aromatic rings. The van der Waals surface area contributed by atoms with E-state index >= 15 is 0 Å². The zero-order valence-corrected chi connectivity index (χ0v) is 13.5. The molecule has 0 N–H and O–H groups in total. The summed E-state index contributed by atoms with van der Waals surface area (Å²) in [6.07, 6.45) is 0.680. The first-order valence-corrected chi connectivity index (χ1v) is 7.79. The number of carbonyl (C=O) groups excluding carboxylic acids is 1. The molecule has 4 rings (SSSR count). The highest BCUT2D eigenvalue weighted by molar-refractivity contribution is 5.74. The largest absolute Gasteiger partial charge is 0.453 e. The Morgan fingerprint density at radius 2 is 1.72 bits per heavy atom. The molecule has 0 aliphatic heterocycles. The minimum atomic E-state index is 0.292. The maximum absolute atomic E-state index is 10.8. The van der Waals surface area contributed by atoms with E-state index in [0.29, 0.717) is 29.5 Å². The fraction of sp³-hybridized carbons (Fsp3) is 0.0500. The molecule has 2 aromatic carbocycles. The molecule has 2 aromatic heterocycles. The average Bonchev–Trinajstić information content (AvgIpc) is 3.31. The third-order valence-electron chi connectivity index (χ3n) is 3.84. The summed E-state index contributed by atoms with van der Waals surface area (Å²) in [4.78, 5) is 15.3. The fourth-order valence-corrected chi connectivity index (χ4v) is 2.62. The second-order valence-corrected chi connectivity index (χ2v) is 5.69. The first-order chi connectivity index (χ1) is 12.2. The highest BCUT2D eigenvalue weighted by atomic mass is 16.5. The monoisotopic (exact) mass is 330 g/mol. The molecule has 5 nitrogen and oxygen atoms in total. The van der Waals surface area contributed by atoms with Crippen LogP contribution in [0.3, 0.4) is 0 Å². The van der Waals surface area contributed by atoms with Crippen LogP contribution in [0.25, 0.3) is 34.2 Å². The number of hydrogen-bond donors (Lipinski definition) is 0. The van der Waals surface area contributed by atoms with E-state index in [0.717, 1.165) is 22.3 Å². The summed E-state index contributed by atoms with van der Waals surface area (Å²) in [6.45, 7) is 2.02. The molecule has 0 atom stereocenters. The third kappa shape index (κ3) is 2.99. The van der Waals surface area contributed by atoms with E-state index in [1.165, 1.54) is 0 Å². The number of rotatable bonds is 4. The van der Waals surface area contributed by atoms with Gasteiger partial charge in [0.15, 0.2) is 12.0 Å². The van der Waals surface area contributed by atoms with Crippen molar-refractivity contribution in [3.63, 3.8) is 0 Å². The minimum Gasteiger partial charge on any atom is -0.453 e. The highest BCUT2D eigenvalue weighted by Gasteiger charge is 2.12. The molecule has 122 valence electrons. The Morgan fingerprint density at radius 1 is 0.920 bits per heavy atom. The van der Waals surface area contributed by atoms with Crippen molar-refractivity contribution in [1.29, 1.82) is 0 Å². The maximum Gasteiger partial charge on any atom is 0.258 e. The Kier molecular flexibility index (Phi) is 3.74. The summed E-state index contributed by atoms with van der Waals surface area (Å²) >= 11 is 0. The van der Waals surface area contributed by atoms with Gasteiger partial charge in [0.2, 0.25) is 5.82 Å². The minimum absolute atomic E-state index is 0.292. The lowest BCUT2D eigenvalue weighted by atomic mass is 10.1. The van der Waals surface area contributed by atoms with Crippen molar-refractivity contribution >= 4 is 6.29 Å². The van der Waals surface area contributed by atoms with Crippen molar-refractivity contribution in [2.24, 2.45) is 0 Å². The Balaban J connectivity index is 1.69. The van der Waals surface area contributed by atoms with Gasteiger partial charge >= 0.3 is 0 Å². The molecule has 0 radical (unpaired) electrons. The Morgan fingerprint density at radius 3 is 2.52 bits per heavy atom. The number of aldehydes is 1. The lowest BCUT2D eigenvalue weighted by Gasteiger charge is -1.99. The predicted molar refractivity (Wildman–Crippen MR) is 93.0 cm³/mol. The molecule has 0 saturated carbocycles. The van der Waals surface area contributed by atoms with Crippen LogP contribution in [0, 0.1) is 6.92 Å². The standard InChI is InChI=1S/C20H14N2O3/c1-13-4-2-6-15(10-13)19-21-20(25-22-19)16-7-3-5-14(11-16)18-9-8-17(12-23)24-18/h2-12H,1H3. The third-order valence-corrected chi connectivity index (χ3v) is 3.84. The number of furan rings is 1. The molecule has 0 bridgehead atoms. The van der Waals surface area contributed by atoms with E-state index in [9.17, 15) is 4.79 Å². The molecule has 0 spiro atoms. The molecule has 0 aliphatic carbocycles. The lowest BCUT2D eigenvalue weighted by molar-refractivity contribution is 0.110. The smallest absolute Gasteiger partial charge is 0.258 e. The number of aromatic nitrogens is 2. The Bertz CT molecular complexity index is 1050. The topological polar surface area (TPSA) is 69.1 Å². The van der Waals surface area contributed by atoms with E-state index in [2.05, 4.69) is 10.1 Å². The Hall–Kier alpha value is -3.47. The van der Waals surface area contributed by atoms with Crippen LogP contribution in [0.4, 0.5) is 0 Å². The van der Waals surface area contributed by atoms with Gasteiger partial charge in [-0.2, -0.15) is 4.98 Å². The molecule has 0 unspecified atom stereocenters. The number of hydrogen-bond acceptors (Lipinski definition) is 5. The van der Waals surface area contributed by atoms with Gasteiger partial charge in [0.25, 0.3) is 5.89 Å². The second-order valence-electron chi connectivity index (χ2n) is 5.69. The molecular weight excluding hydrogens is 316 g/mol. The Labute approximate surface area is 143 Å². The molecule has 2 heterocycles. The summed E-state index contributed by atoms with van der Waals surface area (Å²) in [5, 5.41) is 4.07. The SMILES string of the molecule is Cc1cccc(-c2noc(-c3cccc(-c4ccc(C=O)o4)c3)n2)c1. The first kappa shape index (κ1) is 15.1. The zero-order valence-electron chi connectivity index (χ0n) is 13.5. The van der Waals surface area contributed by atoms with Crippen molar-refractivity contribution in [2.45, 2.75) is 6.92 Å². The first-order valence-electron chi connectivity index (χ1n) is 7.79. The van der Waals surface area contributed by atoms with Crippen molar-refractivity contribution in [1.82, 2.24) is 10.1 Å². The van der Waals surface area contributed by atoms with Gasteiger partial charge in [-0.1, -0.05) is 41.1 Å². The van der Waals surface area contributed by atoms with Gasteiger partial charge in [0.1, 0.15) is 5.76 Å². The van der Waals surface area contributed by atoms with Gasteiger partial charge in [-0.05, 0) is 37.3 Å². The summed E-state index contributed by atoms with van der Waals surface area (Å²) in [6, 6.07) is 18.9. The lowest BCUT2D eigenvalue weighted by Crippen LogP contribution is -1.83. The number of aryl methyl sites for hydroxylation is 1. The molecule has 0 saturated heterocycles. The number of benzene rings is 2. The molecule has 0 amide bonds. The van der Waals surface area contributed by atoms with Crippen molar-refractivity contribution in [3.8, 4) is 34.2 Å². The summed E-state index contributed by atoms with van der Waals surface area (Å²) in [5.74, 6) is 1.88. The molecule has 5 heteroatoms. The van der Waals surface area contributed by atoms with Gasteiger partial charge in [-0.15, -0.1) is 0 Å². The number of carbonyl (C=O) groups is 1. The molecular formula is C20H14N2O3. The average molecular weight is 330 g/mol. The van der Waals surface area contributed by atoms with Crippen LogP contribution < -0.4 is 0 Å². The quantitative estimate of drug-likeness (QED) is 0.503. The molecule has 0 fully saturated rings. The van der Waals surface area contributed by atoms with E-state index in [1.54, 1.807) is 12.1 Å². The van der Waals surface area contributed by atoms with Gasteiger partial charge in [0, 0.05) is 16.7 Å². The highest BCUT2D eigenvalue weighted by Crippen LogP contribution is 2.28. The van der Waals surface area contributed by atoms with Crippen LogP contribution in [0.1, 0.15) is 16.1 Å². The summed E-state index contributed by atoms with van der Waals surface area (Å²) in [5.41, 5.74) is 3.66. The number of nitrogens with zero attached hydrogens (tertiary/aromatic N) is 2. The maximum atomic E-state index is 10.8. The van der Waals surface area contributed by atoms with Crippen molar-refractivity contribution in [2.75, 3.05) is 0 Å². The van der Waals surface area contributed by atoms with E-state index in [4.69, 9.17) is 8.94 Å². The molecule has 0 aliphatic rings. The van der Waals surface area contributed by atoms with Crippen LogP contribution >= 0.6 is 0 Å². The van der Waals surface area contributed by atoms with Gasteiger partial charge in [-0.25, -0.2) is 0 Å². The van der Waals surface area contributed by atoms with Crippen LogP contribution in [0.2, 0.25) is 0 Å². The van der Waals surface area contributed by atoms with Crippen LogP contribution in [0.5, 0.6) is 0 Å². The van der Waals surface area contributed by atoms with Gasteiger partial charge < -0.3 is 8.94 Å². The van der Waals surface area contributed by atoms with Crippen molar-refractivity contribution in [3.05, 3.63) is 72.0 Å².